The highest BCUT2D eigenvalue weighted by Gasteiger charge is 2.30. The number of aliphatic hydroxyl groups is 1. The number of anilines is 1. The van der Waals surface area contributed by atoms with Crippen LogP contribution in [-0.4, -0.2) is 56.8 Å². The second kappa shape index (κ2) is 12.2. The molecule has 0 aliphatic carbocycles. The first-order valence-electron chi connectivity index (χ1n) is 10.7. The SMILES string of the molecule is COc1cc(NC(=O)c2sc(-c3ccc(C(F)(F)F)cc3)nc2CCO)ccc1OCC(OC)OC. The number of aromatic nitrogens is 1. The van der Waals surface area contributed by atoms with E-state index < -0.39 is 23.9 Å². The number of carbonyl (C=O) groups excluding carboxylic acids is 1. The number of thiazole rings is 1. The average molecular weight is 527 g/mol. The van der Waals surface area contributed by atoms with Gasteiger partial charge < -0.3 is 29.4 Å². The van der Waals surface area contributed by atoms with Gasteiger partial charge in [-0.25, -0.2) is 4.98 Å². The number of ether oxygens (including phenoxy) is 4. The van der Waals surface area contributed by atoms with E-state index in [1.165, 1.54) is 33.5 Å². The number of methoxy groups -OCH3 is 3. The van der Waals surface area contributed by atoms with Crippen molar-refractivity contribution in [2.45, 2.75) is 18.9 Å². The smallest absolute Gasteiger partial charge is 0.416 e. The maximum atomic E-state index is 13.0. The number of hydrogen-bond acceptors (Lipinski definition) is 8. The van der Waals surface area contributed by atoms with E-state index >= 15 is 0 Å². The zero-order chi connectivity index (χ0) is 26.3. The number of alkyl halides is 3. The van der Waals surface area contributed by atoms with Crippen molar-refractivity contribution in [1.82, 2.24) is 4.98 Å². The minimum atomic E-state index is -4.45. The Morgan fingerprint density at radius 3 is 2.36 bits per heavy atom. The summed E-state index contributed by atoms with van der Waals surface area (Å²) in [7, 11) is 4.43. The molecule has 1 aromatic heterocycles. The molecule has 3 rings (SSSR count). The quantitative estimate of drug-likeness (QED) is 0.352. The summed E-state index contributed by atoms with van der Waals surface area (Å²) in [6, 6.07) is 9.32. The highest BCUT2D eigenvalue weighted by Crippen LogP contribution is 2.34. The van der Waals surface area contributed by atoms with Crippen LogP contribution in [0.5, 0.6) is 11.5 Å². The lowest BCUT2D eigenvalue weighted by atomic mass is 10.1. The van der Waals surface area contributed by atoms with Crippen molar-refractivity contribution >= 4 is 22.9 Å². The van der Waals surface area contributed by atoms with Crippen LogP contribution in [0.15, 0.2) is 42.5 Å². The molecule has 0 spiro atoms. The van der Waals surface area contributed by atoms with E-state index in [1.54, 1.807) is 18.2 Å². The Morgan fingerprint density at radius 1 is 1.08 bits per heavy atom. The summed E-state index contributed by atoms with van der Waals surface area (Å²) in [6.45, 7) is -0.132. The molecule has 0 saturated carbocycles. The van der Waals surface area contributed by atoms with Crippen LogP contribution in [0.4, 0.5) is 18.9 Å². The third kappa shape index (κ3) is 6.72. The second-order valence-electron chi connectivity index (χ2n) is 7.38. The molecule has 2 aromatic carbocycles. The first kappa shape index (κ1) is 27.4. The molecule has 0 fully saturated rings. The van der Waals surface area contributed by atoms with Crippen molar-refractivity contribution in [3.05, 3.63) is 58.6 Å². The molecule has 3 aromatic rings. The summed E-state index contributed by atoms with van der Waals surface area (Å²) in [5.74, 6) is 0.297. The Labute approximate surface area is 209 Å². The molecule has 0 unspecified atom stereocenters. The van der Waals surface area contributed by atoms with Gasteiger partial charge in [-0.05, 0) is 24.3 Å². The van der Waals surface area contributed by atoms with E-state index in [2.05, 4.69) is 10.3 Å². The lowest BCUT2D eigenvalue weighted by Crippen LogP contribution is -2.22. The normalized spacial score (nSPS) is 11.6. The Balaban J connectivity index is 1.80. The van der Waals surface area contributed by atoms with Crippen LogP contribution in [-0.2, 0) is 22.1 Å². The van der Waals surface area contributed by atoms with Gasteiger partial charge in [-0.2, -0.15) is 13.2 Å². The number of hydrogen-bond donors (Lipinski definition) is 2. The standard InChI is InChI=1S/C24H25F3N2O6S/c1-32-19-12-16(8-9-18(19)35-13-20(33-2)34-3)28-22(31)21-17(10-11-30)29-23(36-21)14-4-6-15(7-5-14)24(25,26)27/h4-9,12,20,30H,10-11,13H2,1-3H3,(H,28,31). The van der Waals surface area contributed by atoms with Crippen LogP contribution in [0.25, 0.3) is 10.6 Å². The third-order valence-electron chi connectivity index (χ3n) is 5.03. The highest BCUT2D eigenvalue weighted by atomic mass is 32.1. The van der Waals surface area contributed by atoms with Crippen molar-refractivity contribution in [1.29, 1.82) is 0 Å². The number of carbonyl (C=O) groups is 1. The van der Waals surface area contributed by atoms with Gasteiger partial charge in [-0.15, -0.1) is 11.3 Å². The Kier molecular flexibility index (Phi) is 9.26. The van der Waals surface area contributed by atoms with E-state index in [-0.39, 0.29) is 24.5 Å². The van der Waals surface area contributed by atoms with Crippen molar-refractivity contribution in [3.8, 4) is 22.1 Å². The number of amides is 1. The van der Waals surface area contributed by atoms with Crippen LogP contribution >= 0.6 is 11.3 Å². The van der Waals surface area contributed by atoms with Crippen LogP contribution in [0.3, 0.4) is 0 Å². The van der Waals surface area contributed by atoms with Gasteiger partial charge >= 0.3 is 6.18 Å². The topological polar surface area (TPSA) is 99.1 Å². The maximum Gasteiger partial charge on any atom is 0.416 e. The fourth-order valence-corrected chi connectivity index (χ4v) is 4.18. The monoisotopic (exact) mass is 526 g/mol. The van der Waals surface area contributed by atoms with E-state index in [1.807, 2.05) is 0 Å². The number of rotatable bonds is 11. The molecule has 8 nitrogen and oxygen atoms in total. The van der Waals surface area contributed by atoms with Gasteiger partial charge in [0.2, 0.25) is 0 Å². The zero-order valence-corrected chi connectivity index (χ0v) is 20.5. The van der Waals surface area contributed by atoms with Gasteiger partial charge in [-0.1, -0.05) is 12.1 Å². The highest BCUT2D eigenvalue weighted by molar-refractivity contribution is 7.17. The summed E-state index contributed by atoms with van der Waals surface area (Å²) in [5, 5.41) is 12.5. The maximum absolute atomic E-state index is 13.0. The van der Waals surface area contributed by atoms with E-state index in [4.69, 9.17) is 18.9 Å². The van der Waals surface area contributed by atoms with Crippen molar-refractivity contribution in [2.24, 2.45) is 0 Å². The van der Waals surface area contributed by atoms with E-state index in [9.17, 15) is 23.1 Å². The van der Waals surface area contributed by atoms with Crippen LogP contribution in [0.1, 0.15) is 20.9 Å². The Bertz CT molecular complexity index is 1160. The van der Waals surface area contributed by atoms with Crippen molar-refractivity contribution in [3.63, 3.8) is 0 Å². The van der Waals surface area contributed by atoms with Gasteiger partial charge in [0.05, 0.1) is 18.4 Å². The number of benzene rings is 2. The molecule has 194 valence electrons. The molecular weight excluding hydrogens is 501 g/mol. The van der Waals surface area contributed by atoms with Gasteiger partial charge in [-0.3, -0.25) is 4.79 Å². The fraction of sp³-hybridized carbons (Fsp3) is 0.333. The molecule has 36 heavy (non-hydrogen) atoms. The lowest BCUT2D eigenvalue weighted by Gasteiger charge is -2.16. The first-order valence-corrected chi connectivity index (χ1v) is 11.5. The molecule has 0 atom stereocenters. The summed E-state index contributed by atoms with van der Waals surface area (Å²) in [5.41, 5.74) is 0.406. The number of halogens is 3. The molecule has 0 saturated heterocycles. The minimum absolute atomic E-state index is 0.107. The zero-order valence-electron chi connectivity index (χ0n) is 19.7. The largest absolute Gasteiger partial charge is 0.493 e. The van der Waals surface area contributed by atoms with E-state index in [0.29, 0.717) is 33.5 Å². The van der Waals surface area contributed by atoms with Gasteiger partial charge in [0.15, 0.2) is 17.8 Å². The third-order valence-corrected chi connectivity index (χ3v) is 6.18. The van der Waals surface area contributed by atoms with Crippen LogP contribution in [0, 0.1) is 0 Å². The molecule has 0 radical (unpaired) electrons. The molecule has 1 amide bonds. The molecule has 0 aliphatic heterocycles. The van der Waals surface area contributed by atoms with Gasteiger partial charge in [0.1, 0.15) is 16.5 Å². The summed E-state index contributed by atoms with van der Waals surface area (Å²) >= 11 is 1.02. The predicted octanol–water partition coefficient (Wildman–Crippen LogP) is 4.62. The molecule has 0 bridgehead atoms. The van der Waals surface area contributed by atoms with Crippen molar-refractivity contribution in [2.75, 3.05) is 39.9 Å². The lowest BCUT2D eigenvalue weighted by molar-refractivity contribution is -0.137. The summed E-state index contributed by atoms with van der Waals surface area (Å²) < 4.78 is 59.8. The molecule has 0 aliphatic rings. The van der Waals surface area contributed by atoms with E-state index in [0.717, 1.165) is 23.5 Å². The van der Waals surface area contributed by atoms with Crippen LogP contribution in [0.2, 0.25) is 0 Å². The van der Waals surface area contributed by atoms with Crippen LogP contribution < -0.4 is 14.8 Å². The summed E-state index contributed by atoms with van der Waals surface area (Å²) in [4.78, 5) is 17.7. The summed E-state index contributed by atoms with van der Waals surface area (Å²) in [6.07, 6.45) is -4.91. The predicted molar refractivity (Wildman–Crippen MR) is 128 cm³/mol. The Morgan fingerprint density at radius 2 is 1.78 bits per heavy atom. The van der Waals surface area contributed by atoms with Crippen molar-refractivity contribution < 1.29 is 42.0 Å². The fourth-order valence-electron chi connectivity index (χ4n) is 3.17. The minimum Gasteiger partial charge on any atom is -0.493 e. The molecule has 12 heteroatoms. The molecule has 2 N–H and O–H groups in total. The number of nitrogens with zero attached hydrogens (tertiary/aromatic N) is 1. The number of nitrogens with one attached hydrogen (secondary N) is 1. The van der Waals surface area contributed by atoms with Gasteiger partial charge in [0, 0.05) is 44.6 Å². The molecular formula is C24H25F3N2O6S. The Hall–Kier alpha value is -3.19. The first-order chi connectivity index (χ1) is 17.2. The van der Waals surface area contributed by atoms with Gasteiger partial charge in [0.25, 0.3) is 5.91 Å². The number of aliphatic hydroxyl groups excluding tert-OH is 1. The molecule has 1 heterocycles. The second-order valence-corrected chi connectivity index (χ2v) is 8.37. The average Bonchev–Trinajstić information content (AvgIpc) is 3.29.